The molecule has 1 unspecified atom stereocenters. The molecule has 1 atom stereocenters. The molecule has 1 aliphatic heterocycles. The van der Waals surface area contributed by atoms with E-state index in [4.69, 9.17) is 0 Å². The molecule has 0 spiro atoms. The van der Waals surface area contributed by atoms with E-state index < -0.39 is 5.67 Å². The van der Waals surface area contributed by atoms with Crippen molar-refractivity contribution in [3.8, 4) is 0 Å². The average molecular weight is 338 g/mol. The van der Waals surface area contributed by atoms with Crippen LogP contribution in [0.25, 0.3) is 5.65 Å². The number of fused-ring (bicyclic) bond motifs is 1. The van der Waals surface area contributed by atoms with E-state index in [1.807, 2.05) is 44.2 Å². The molecule has 0 aliphatic carbocycles. The molecule has 1 amide bonds. The maximum Gasteiger partial charge on any atom is 0.259 e. The van der Waals surface area contributed by atoms with Crippen molar-refractivity contribution in [2.24, 2.45) is 0 Å². The molecule has 1 aliphatic rings. The molecule has 128 valence electrons. The van der Waals surface area contributed by atoms with Crippen LogP contribution in [0, 0.1) is 13.8 Å². The fourth-order valence-corrected chi connectivity index (χ4v) is 3.52. The molecular weight excluding hydrogens is 319 g/mol. The highest BCUT2D eigenvalue weighted by Gasteiger charge is 2.43. The number of alkyl halides is 1. The van der Waals surface area contributed by atoms with Crippen LogP contribution in [0.3, 0.4) is 0 Å². The quantitative estimate of drug-likeness (QED) is 0.722. The SMILES string of the molecule is Cc1ccn2ncc(C(=O)N3CCC(F)(c4ccccc4C)C3)c2n1. The van der Waals surface area contributed by atoms with Gasteiger partial charge in [-0.15, -0.1) is 0 Å². The van der Waals surface area contributed by atoms with Crippen LogP contribution in [0.2, 0.25) is 0 Å². The summed E-state index contributed by atoms with van der Waals surface area (Å²) < 4.78 is 17.1. The van der Waals surface area contributed by atoms with Crippen LogP contribution < -0.4 is 0 Å². The van der Waals surface area contributed by atoms with Gasteiger partial charge in [-0.2, -0.15) is 5.10 Å². The maximum absolute atomic E-state index is 15.5. The van der Waals surface area contributed by atoms with Gasteiger partial charge in [0.05, 0.1) is 12.7 Å². The molecule has 3 aromatic rings. The molecule has 0 radical (unpaired) electrons. The fraction of sp³-hybridized carbons (Fsp3) is 0.316. The molecule has 0 bridgehead atoms. The Balaban J connectivity index is 1.64. The topological polar surface area (TPSA) is 50.5 Å². The smallest absolute Gasteiger partial charge is 0.259 e. The number of carbonyl (C=O) groups is 1. The number of nitrogens with zero attached hydrogens (tertiary/aromatic N) is 4. The Hall–Kier alpha value is -2.76. The number of aromatic nitrogens is 3. The van der Waals surface area contributed by atoms with Gasteiger partial charge in [-0.3, -0.25) is 4.79 Å². The first-order valence-electron chi connectivity index (χ1n) is 8.33. The van der Waals surface area contributed by atoms with E-state index in [2.05, 4.69) is 10.1 Å². The van der Waals surface area contributed by atoms with Crippen molar-refractivity contribution >= 4 is 11.6 Å². The summed E-state index contributed by atoms with van der Waals surface area (Å²) >= 11 is 0. The Labute approximate surface area is 145 Å². The first kappa shape index (κ1) is 15.7. The predicted molar refractivity (Wildman–Crippen MR) is 92.2 cm³/mol. The van der Waals surface area contributed by atoms with E-state index in [0.717, 1.165) is 11.3 Å². The number of likely N-dealkylation sites (tertiary alicyclic amines) is 1. The van der Waals surface area contributed by atoms with Gasteiger partial charge in [0.2, 0.25) is 0 Å². The van der Waals surface area contributed by atoms with Gasteiger partial charge in [-0.25, -0.2) is 13.9 Å². The second-order valence-electron chi connectivity index (χ2n) is 6.65. The zero-order valence-corrected chi connectivity index (χ0v) is 14.2. The lowest BCUT2D eigenvalue weighted by Crippen LogP contribution is -2.32. The van der Waals surface area contributed by atoms with E-state index in [1.165, 1.54) is 6.20 Å². The third-order valence-electron chi connectivity index (χ3n) is 4.87. The van der Waals surface area contributed by atoms with Crippen LogP contribution in [0.4, 0.5) is 4.39 Å². The molecule has 6 heteroatoms. The molecule has 0 N–H and O–H groups in total. The highest BCUT2D eigenvalue weighted by molar-refractivity contribution is 5.99. The largest absolute Gasteiger partial charge is 0.335 e. The number of hydrogen-bond acceptors (Lipinski definition) is 3. The number of aryl methyl sites for hydroxylation is 2. The molecule has 1 fully saturated rings. The summed E-state index contributed by atoms with van der Waals surface area (Å²) in [5.41, 5.74) is 1.80. The van der Waals surface area contributed by atoms with Crippen LogP contribution in [0.15, 0.2) is 42.7 Å². The summed E-state index contributed by atoms with van der Waals surface area (Å²) in [5.74, 6) is -0.221. The number of carbonyl (C=O) groups excluding carboxylic acids is 1. The van der Waals surface area contributed by atoms with E-state index >= 15 is 4.39 Å². The van der Waals surface area contributed by atoms with Crippen molar-refractivity contribution in [1.29, 1.82) is 0 Å². The van der Waals surface area contributed by atoms with Gasteiger partial charge >= 0.3 is 0 Å². The lowest BCUT2D eigenvalue weighted by molar-refractivity contribution is 0.0752. The van der Waals surface area contributed by atoms with Crippen LogP contribution in [-0.2, 0) is 5.67 Å². The van der Waals surface area contributed by atoms with Crippen molar-refractivity contribution in [3.63, 3.8) is 0 Å². The Morgan fingerprint density at radius 2 is 2.04 bits per heavy atom. The van der Waals surface area contributed by atoms with Crippen LogP contribution in [-0.4, -0.2) is 38.5 Å². The minimum Gasteiger partial charge on any atom is -0.335 e. The molecule has 5 nitrogen and oxygen atoms in total. The van der Waals surface area contributed by atoms with Crippen LogP contribution in [0.5, 0.6) is 0 Å². The zero-order valence-electron chi connectivity index (χ0n) is 14.2. The number of amides is 1. The van der Waals surface area contributed by atoms with Gasteiger partial charge < -0.3 is 4.90 Å². The van der Waals surface area contributed by atoms with Crippen molar-refractivity contribution in [2.45, 2.75) is 25.9 Å². The van der Waals surface area contributed by atoms with Gasteiger partial charge in [0.1, 0.15) is 5.56 Å². The van der Waals surface area contributed by atoms with Gasteiger partial charge in [0, 0.05) is 24.9 Å². The monoisotopic (exact) mass is 338 g/mol. The Kier molecular flexibility index (Phi) is 3.56. The first-order chi connectivity index (χ1) is 12.0. The highest BCUT2D eigenvalue weighted by Crippen LogP contribution is 2.38. The molecule has 1 aromatic carbocycles. The van der Waals surface area contributed by atoms with Crippen LogP contribution >= 0.6 is 0 Å². The Bertz CT molecular complexity index is 967. The predicted octanol–water partition coefficient (Wildman–Crippen LogP) is 3.06. The second-order valence-corrected chi connectivity index (χ2v) is 6.65. The zero-order chi connectivity index (χ0) is 17.6. The summed E-state index contributed by atoms with van der Waals surface area (Å²) in [6.07, 6.45) is 3.58. The molecule has 2 aromatic heterocycles. The number of hydrogen-bond donors (Lipinski definition) is 0. The average Bonchev–Trinajstić information content (AvgIpc) is 3.19. The van der Waals surface area contributed by atoms with Gasteiger partial charge in [-0.05, 0) is 31.0 Å². The molecule has 25 heavy (non-hydrogen) atoms. The second kappa shape index (κ2) is 5.65. The third-order valence-corrected chi connectivity index (χ3v) is 4.87. The van der Waals surface area contributed by atoms with Crippen molar-refractivity contribution in [1.82, 2.24) is 19.5 Å². The van der Waals surface area contributed by atoms with Crippen molar-refractivity contribution in [3.05, 3.63) is 65.1 Å². The number of benzene rings is 1. The van der Waals surface area contributed by atoms with Crippen LogP contribution in [0.1, 0.15) is 33.6 Å². The standard InChI is InChI=1S/C19H19FN4O/c1-13-5-3-4-6-16(13)19(20)8-10-23(12-19)18(25)15-11-21-24-9-7-14(2)22-17(15)24/h3-7,9,11H,8,10,12H2,1-2H3. The van der Waals surface area contributed by atoms with Crippen molar-refractivity contribution < 1.29 is 9.18 Å². The number of halogens is 1. The lowest BCUT2D eigenvalue weighted by atomic mass is 9.91. The minimum absolute atomic E-state index is 0.0554. The van der Waals surface area contributed by atoms with E-state index in [1.54, 1.807) is 15.6 Å². The lowest BCUT2D eigenvalue weighted by Gasteiger charge is -2.23. The van der Waals surface area contributed by atoms with E-state index in [9.17, 15) is 4.79 Å². The highest BCUT2D eigenvalue weighted by atomic mass is 19.1. The van der Waals surface area contributed by atoms with Gasteiger partial charge in [0.25, 0.3) is 5.91 Å². The summed E-state index contributed by atoms with van der Waals surface area (Å²) in [6, 6.07) is 9.27. The molecule has 3 heterocycles. The van der Waals surface area contributed by atoms with Gasteiger partial charge in [-0.1, -0.05) is 24.3 Å². The Morgan fingerprint density at radius 1 is 1.24 bits per heavy atom. The van der Waals surface area contributed by atoms with Crippen molar-refractivity contribution in [2.75, 3.05) is 13.1 Å². The number of rotatable bonds is 2. The minimum atomic E-state index is -1.51. The van der Waals surface area contributed by atoms with E-state index in [-0.39, 0.29) is 12.5 Å². The maximum atomic E-state index is 15.5. The van der Waals surface area contributed by atoms with E-state index in [0.29, 0.717) is 29.7 Å². The molecule has 4 rings (SSSR count). The normalized spacial score (nSPS) is 20.4. The molecular formula is C19H19FN4O. The Morgan fingerprint density at radius 3 is 2.84 bits per heavy atom. The first-order valence-corrected chi connectivity index (χ1v) is 8.33. The van der Waals surface area contributed by atoms with Gasteiger partial charge in [0.15, 0.2) is 11.3 Å². The molecule has 0 saturated carbocycles. The third kappa shape index (κ3) is 2.58. The molecule has 1 saturated heterocycles. The summed E-state index contributed by atoms with van der Waals surface area (Å²) in [5, 5.41) is 4.17. The fourth-order valence-electron chi connectivity index (χ4n) is 3.52. The summed E-state index contributed by atoms with van der Waals surface area (Å²) in [7, 11) is 0. The summed E-state index contributed by atoms with van der Waals surface area (Å²) in [6.45, 7) is 4.20. The summed E-state index contributed by atoms with van der Waals surface area (Å²) in [4.78, 5) is 18.9.